The average Bonchev–Trinajstić information content (AvgIpc) is 3.34. The average molecular weight is 395 g/mol. The minimum Gasteiger partial charge on any atom is -0.476 e. The van der Waals surface area contributed by atoms with Gasteiger partial charge >= 0.3 is 6.03 Å². The van der Waals surface area contributed by atoms with Crippen molar-refractivity contribution in [1.29, 1.82) is 0 Å². The summed E-state index contributed by atoms with van der Waals surface area (Å²) in [6.45, 7) is 2.39. The maximum absolute atomic E-state index is 12.7. The second kappa shape index (κ2) is 8.08. The Morgan fingerprint density at radius 1 is 1.31 bits per heavy atom. The molecule has 1 atom stereocenters. The summed E-state index contributed by atoms with van der Waals surface area (Å²) in [5, 5.41) is 24.6. The van der Waals surface area contributed by atoms with Gasteiger partial charge in [0.1, 0.15) is 5.82 Å². The highest BCUT2D eigenvalue weighted by molar-refractivity contribution is 5.92. The van der Waals surface area contributed by atoms with Gasteiger partial charge in [-0.2, -0.15) is 0 Å². The second-order valence-corrected chi connectivity index (χ2v) is 7.33. The van der Waals surface area contributed by atoms with E-state index in [1.54, 1.807) is 12.3 Å². The highest BCUT2D eigenvalue weighted by Crippen LogP contribution is 2.39. The van der Waals surface area contributed by atoms with Crippen molar-refractivity contribution < 1.29 is 14.6 Å². The van der Waals surface area contributed by atoms with Crippen molar-refractivity contribution in [2.75, 3.05) is 11.9 Å². The monoisotopic (exact) mass is 395 g/mol. The molecular weight excluding hydrogens is 370 g/mol. The smallest absolute Gasteiger partial charge is 0.320 e. The van der Waals surface area contributed by atoms with Gasteiger partial charge in [0, 0.05) is 12.3 Å². The van der Waals surface area contributed by atoms with Gasteiger partial charge in [-0.05, 0) is 25.3 Å². The normalized spacial score (nSPS) is 16.5. The standard InChI is InChI=1S/C21H25N5O3/c1-2-29-19-15-13-22-17(12-16(15)25-26-19)23-20(27)24-18(14-8-4-3-5-9-14)21(28)10-6-7-11-21/h3-5,8-9,12-13,18,28H,2,6-7,10-11H2,1H3,(H,25,26)(H2,22,23,24,27)/t18-/m0/s1. The van der Waals surface area contributed by atoms with Gasteiger partial charge in [-0.15, -0.1) is 5.10 Å². The molecule has 4 N–H and O–H groups in total. The number of amides is 2. The fourth-order valence-electron chi connectivity index (χ4n) is 3.94. The predicted octanol–water partition coefficient (Wildman–Crippen LogP) is 3.52. The fourth-order valence-corrected chi connectivity index (χ4v) is 3.94. The van der Waals surface area contributed by atoms with E-state index in [1.165, 1.54) is 0 Å². The first-order chi connectivity index (χ1) is 14.1. The van der Waals surface area contributed by atoms with Crippen LogP contribution in [0.5, 0.6) is 5.88 Å². The zero-order valence-corrected chi connectivity index (χ0v) is 16.3. The molecule has 0 saturated heterocycles. The van der Waals surface area contributed by atoms with Gasteiger partial charge < -0.3 is 15.2 Å². The van der Waals surface area contributed by atoms with E-state index in [2.05, 4.69) is 25.8 Å². The van der Waals surface area contributed by atoms with Crippen LogP contribution in [-0.2, 0) is 0 Å². The van der Waals surface area contributed by atoms with Crippen LogP contribution in [0, 0.1) is 0 Å². The van der Waals surface area contributed by atoms with Crippen molar-refractivity contribution in [1.82, 2.24) is 20.5 Å². The number of anilines is 1. The molecule has 8 nitrogen and oxygen atoms in total. The Labute approximate surface area is 168 Å². The van der Waals surface area contributed by atoms with Crippen molar-refractivity contribution in [3.05, 3.63) is 48.2 Å². The largest absolute Gasteiger partial charge is 0.476 e. The number of aromatic nitrogens is 3. The van der Waals surface area contributed by atoms with Gasteiger partial charge in [0.15, 0.2) is 0 Å². The van der Waals surface area contributed by atoms with E-state index in [1.807, 2.05) is 37.3 Å². The van der Waals surface area contributed by atoms with Crippen molar-refractivity contribution >= 4 is 22.8 Å². The molecule has 3 aromatic rings. The molecule has 0 spiro atoms. The van der Waals surface area contributed by atoms with Gasteiger partial charge in [-0.25, -0.2) is 9.78 Å². The first kappa shape index (κ1) is 19.2. The molecular formula is C21H25N5O3. The Hall–Kier alpha value is -3.13. The lowest BCUT2D eigenvalue weighted by molar-refractivity contribution is 0.0113. The lowest BCUT2D eigenvalue weighted by atomic mass is 9.87. The predicted molar refractivity (Wildman–Crippen MR) is 110 cm³/mol. The molecule has 2 aromatic heterocycles. The van der Waals surface area contributed by atoms with Gasteiger partial charge in [0.05, 0.1) is 29.2 Å². The summed E-state index contributed by atoms with van der Waals surface area (Å²) in [4.78, 5) is 17.0. The lowest BCUT2D eigenvalue weighted by Gasteiger charge is -2.33. The quantitative estimate of drug-likeness (QED) is 0.510. The molecule has 2 heterocycles. The molecule has 0 radical (unpaired) electrons. The summed E-state index contributed by atoms with van der Waals surface area (Å²) < 4.78 is 5.44. The molecule has 0 aliphatic heterocycles. The molecule has 1 aliphatic carbocycles. The fraction of sp³-hybridized carbons (Fsp3) is 0.381. The number of carbonyl (C=O) groups is 1. The van der Waals surface area contributed by atoms with Crippen LogP contribution < -0.4 is 15.4 Å². The first-order valence-corrected chi connectivity index (χ1v) is 9.91. The van der Waals surface area contributed by atoms with Crippen LogP contribution in [0.25, 0.3) is 10.9 Å². The Morgan fingerprint density at radius 2 is 2.07 bits per heavy atom. The third-order valence-electron chi connectivity index (χ3n) is 5.35. The third kappa shape index (κ3) is 4.02. The number of aromatic amines is 1. The van der Waals surface area contributed by atoms with E-state index in [4.69, 9.17) is 4.74 Å². The molecule has 4 rings (SSSR count). The number of pyridine rings is 1. The van der Waals surface area contributed by atoms with Crippen molar-refractivity contribution in [3.8, 4) is 5.88 Å². The topological polar surface area (TPSA) is 112 Å². The number of nitrogens with one attached hydrogen (secondary N) is 3. The summed E-state index contributed by atoms with van der Waals surface area (Å²) in [7, 11) is 0. The minimum absolute atomic E-state index is 0.381. The molecule has 8 heteroatoms. The molecule has 29 heavy (non-hydrogen) atoms. The summed E-state index contributed by atoms with van der Waals surface area (Å²) >= 11 is 0. The van der Waals surface area contributed by atoms with Crippen LogP contribution in [0.2, 0.25) is 0 Å². The van der Waals surface area contributed by atoms with Crippen molar-refractivity contribution in [2.45, 2.75) is 44.2 Å². The molecule has 0 bridgehead atoms. The van der Waals surface area contributed by atoms with Gasteiger partial charge in [0.2, 0.25) is 5.88 Å². The number of hydrogen-bond donors (Lipinski definition) is 4. The number of ether oxygens (including phenoxy) is 1. The molecule has 1 fully saturated rings. The number of fused-ring (bicyclic) bond motifs is 1. The number of hydrogen-bond acceptors (Lipinski definition) is 5. The number of H-pyrrole nitrogens is 1. The second-order valence-electron chi connectivity index (χ2n) is 7.33. The number of aliphatic hydroxyl groups is 1. The number of rotatable bonds is 6. The van der Waals surface area contributed by atoms with E-state index < -0.39 is 17.7 Å². The van der Waals surface area contributed by atoms with Gasteiger partial charge in [-0.3, -0.25) is 10.4 Å². The van der Waals surface area contributed by atoms with E-state index in [0.29, 0.717) is 36.7 Å². The molecule has 1 aromatic carbocycles. The third-order valence-corrected chi connectivity index (χ3v) is 5.35. The van der Waals surface area contributed by atoms with Crippen LogP contribution in [0.15, 0.2) is 42.6 Å². The molecule has 1 saturated carbocycles. The van der Waals surface area contributed by atoms with Crippen molar-refractivity contribution in [3.63, 3.8) is 0 Å². The molecule has 1 aliphatic rings. The number of benzene rings is 1. The Balaban J connectivity index is 1.51. The summed E-state index contributed by atoms with van der Waals surface area (Å²) in [6.07, 6.45) is 4.82. The zero-order chi connectivity index (χ0) is 20.3. The van der Waals surface area contributed by atoms with Crippen LogP contribution in [-0.4, -0.2) is 38.5 Å². The molecule has 152 valence electrons. The Morgan fingerprint density at radius 3 is 2.79 bits per heavy atom. The lowest BCUT2D eigenvalue weighted by Crippen LogP contribution is -2.45. The number of nitrogens with zero attached hydrogens (tertiary/aromatic N) is 2. The van der Waals surface area contributed by atoms with Crippen LogP contribution in [0.3, 0.4) is 0 Å². The van der Waals surface area contributed by atoms with Crippen LogP contribution in [0.1, 0.15) is 44.2 Å². The first-order valence-electron chi connectivity index (χ1n) is 9.91. The van der Waals surface area contributed by atoms with Crippen LogP contribution in [0.4, 0.5) is 10.6 Å². The van der Waals surface area contributed by atoms with Gasteiger partial charge in [0.25, 0.3) is 0 Å². The Kier molecular flexibility index (Phi) is 5.35. The van der Waals surface area contributed by atoms with E-state index in [9.17, 15) is 9.90 Å². The molecule has 2 amide bonds. The summed E-state index contributed by atoms with van der Waals surface area (Å²) in [6, 6.07) is 10.4. The summed E-state index contributed by atoms with van der Waals surface area (Å²) in [5.74, 6) is 0.866. The van der Waals surface area contributed by atoms with Crippen molar-refractivity contribution in [2.24, 2.45) is 0 Å². The zero-order valence-electron chi connectivity index (χ0n) is 16.3. The SMILES string of the molecule is CCOc1n[nH]c2cc(NC(=O)N[C@@H](c3ccccc3)C3(O)CCCC3)ncc12. The molecule has 0 unspecified atom stereocenters. The highest BCUT2D eigenvalue weighted by Gasteiger charge is 2.41. The Bertz CT molecular complexity index is 982. The van der Waals surface area contributed by atoms with E-state index in [-0.39, 0.29) is 0 Å². The van der Waals surface area contributed by atoms with Crippen LogP contribution >= 0.6 is 0 Å². The number of urea groups is 1. The van der Waals surface area contributed by atoms with Gasteiger partial charge in [-0.1, -0.05) is 43.2 Å². The maximum Gasteiger partial charge on any atom is 0.320 e. The number of carbonyl (C=O) groups excluding carboxylic acids is 1. The van der Waals surface area contributed by atoms with E-state index >= 15 is 0 Å². The van der Waals surface area contributed by atoms with E-state index in [0.717, 1.165) is 23.8 Å². The highest BCUT2D eigenvalue weighted by atomic mass is 16.5. The minimum atomic E-state index is -0.953. The summed E-state index contributed by atoms with van der Waals surface area (Å²) in [5.41, 5.74) is 0.643. The maximum atomic E-state index is 12.7.